The zero-order valence-electron chi connectivity index (χ0n) is 13.3. The summed E-state index contributed by atoms with van der Waals surface area (Å²) in [5.41, 5.74) is 2.14. The SMILES string of the molecule is N=CO[B][C@@H](Cc1ccc(OCc2ccccc2)cc1)[C@H](O)CCl. The highest BCUT2D eigenvalue weighted by atomic mass is 35.5. The third-order valence-electron chi connectivity index (χ3n) is 3.62. The Morgan fingerprint density at radius 3 is 2.42 bits per heavy atom. The van der Waals surface area contributed by atoms with Crippen LogP contribution in [0.25, 0.3) is 0 Å². The zero-order valence-corrected chi connectivity index (χ0v) is 14.0. The van der Waals surface area contributed by atoms with Crippen LogP contribution in [0, 0.1) is 5.41 Å². The van der Waals surface area contributed by atoms with Crippen molar-refractivity contribution in [3.63, 3.8) is 0 Å². The van der Waals surface area contributed by atoms with Crippen LogP contribution in [0.4, 0.5) is 0 Å². The summed E-state index contributed by atoms with van der Waals surface area (Å²) in [6.45, 7) is 0.523. The largest absolute Gasteiger partial charge is 0.555 e. The first kappa shape index (κ1) is 18.4. The highest BCUT2D eigenvalue weighted by Gasteiger charge is 2.22. The van der Waals surface area contributed by atoms with Gasteiger partial charge in [0.2, 0.25) is 0 Å². The standard InChI is InChI=1S/C18H20BClNO3/c20-11-18(22)17(19-24-13-21)10-14-6-8-16(9-7-14)23-12-15-4-2-1-3-5-15/h1-9,13,17-18,21-22H,10-12H2/t17-,18+/m0/s1. The molecule has 0 unspecified atom stereocenters. The summed E-state index contributed by atoms with van der Waals surface area (Å²) >= 11 is 5.71. The van der Waals surface area contributed by atoms with Crippen LogP contribution in [0.15, 0.2) is 54.6 Å². The lowest BCUT2D eigenvalue weighted by Gasteiger charge is -2.19. The maximum atomic E-state index is 9.93. The number of benzene rings is 2. The minimum Gasteiger partial charge on any atom is -0.555 e. The van der Waals surface area contributed by atoms with Gasteiger partial charge in [-0.15, -0.1) is 11.6 Å². The molecule has 0 aromatic heterocycles. The molecule has 2 aromatic carbocycles. The number of hydrogen-bond acceptors (Lipinski definition) is 4. The second-order valence-electron chi connectivity index (χ2n) is 5.40. The highest BCUT2D eigenvalue weighted by molar-refractivity contribution is 6.32. The van der Waals surface area contributed by atoms with E-state index in [1.807, 2.05) is 54.6 Å². The number of halogens is 1. The summed E-state index contributed by atoms with van der Waals surface area (Å²) in [5, 5.41) is 16.8. The number of aliphatic hydroxyl groups is 1. The molecule has 0 bridgehead atoms. The summed E-state index contributed by atoms with van der Waals surface area (Å²) < 4.78 is 10.6. The Balaban J connectivity index is 1.91. The van der Waals surface area contributed by atoms with E-state index in [2.05, 4.69) is 0 Å². The molecule has 0 spiro atoms. The molecule has 6 heteroatoms. The van der Waals surface area contributed by atoms with Crippen LogP contribution in [-0.4, -0.2) is 31.0 Å². The van der Waals surface area contributed by atoms with Gasteiger partial charge in [-0.2, -0.15) is 0 Å². The molecule has 2 atom stereocenters. The molecule has 24 heavy (non-hydrogen) atoms. The van der Waals surface area contributed by atoms with Crippen molar-refractivity contribution in [2.24, 2.45) is 0 Å². The first-order chi connectivity index (χ1) is 11.7. The van der Waals surface area contributed by atoms with E-state index in [9.17, 15) is 5.11 Å². The smallest absolute Gasteiger partial charge is 0.377 e. The Morgan fingerprint density at radius 2 is 1.79 bits per heavy atom. The van der Waals surface area contributed by atoms with Gasteiger partial charge in [0.05, 0.1) is 6.10 Å². The zero-order chi connectivity index (χ0) is 17.2. The molecule has 2 N–H and O–H groups in total. The Hall–Kier alpha value is -1.98. The van der Waals surface area contributed by atoms with Crippen molar-refractivity contribution in [1.82, 2.24) is 0 Å². The van der Waals surface area contributed by atoms with Crippen LogP contribution in [0.1, 0.15) is 11.1 Å². The van der Waals surface area contributed by atoms with Gasteiger partial charge in [0.1, 0.15) is 18.8 Å². The van der Waals surface area contributed by atoms with E-state index in [0.717, 1.165) is 23.3 Å². The minimum atomic E-state index is -0.722. The van der Waals surface area contributed by atoms with Crippen molar-refractivity contribution in [2.75, 3.05) is 5.88 Å². The average molecular weight is 345 g/mol. The van der Waals surface area contributed by atoms with Crippen molar-refractivity contribution in [2.45, 2.75) is 24.9 Å². The number of aliphatic hydroxyl groups excluding tert-OH is 1. The van der Waals surface area contributed by atoms with Crippen LogP contribution in [-0.2, 0) is 17.7 Å². The monoisotopic (exact) mass is 344 g/mol. The molecule has 0 aliphatic heterocycles. The van der Waals surface area contributed by atoms with Gasteiger partial charge in [-0.1, -0.05) is 42.5 Å². The van der Waals surface area contributed by atoms with Gasteiger partial charge in [-0.05, 0) is 29.7 Å². The Morgan fingerprint density at radius 1 is 1.08 bits per heavy atom. The van der Waals surface area contributed by atoms with Crippen molar-refractivity contribution in [3.05, 3.63) is 65.7 Å². The van der Waals surface area contributed by atoms with E-state index in [0.29, 0.717) is 13.0 Å². The van der Waals surface area contributed by atoms with Gasteiger partial charge in [-0.25, -0.2) is 0 Å². The number of hydrogen-bond donors (Lipinski definition) is 2. The topological polar surface area (TPSA) is 62.5 Å². The fourth-order valence-corrected chi connectivity index (χ4v) is 2.49. The van der Waals surface area contributed by atoms with Gasteiger partial charge in [0, 0.05) is 11.7 Å². The molecule has 2 rings (SSSR count). The van der Waals surface area contributed by atoms with Gasteiger partial charge < -0.3 is 14.5 Å². The Bertz CT molecular complexity index is 609. The Kier molecular flexibility index (Phi) is 7.66. The molecule has 0 aliphatic carbocycles. The van der Waals surface area contributed by atoms with E-state index in [1.54, 1.807) is 0 Å². The summed E-state index contributed by atoms with van der Waals surface area (Å²) in [7, 11) is 1.44. The molecule has 0 fully saturated rings. The van der Waals surface area contributed by atoms with Crippen LogP contribution < -0.4 is 4.74 Å². The number of alkyl halides is 1. The minimum absolute atomic E-state index is 0.112. The third kappa shape index (κ3) is 5.91. The van der Waals surface area contributed by atoms with Crippen LogP contribution in [0.5, 0.6) is 5.75 Å². The lowest BCUT2D eigenvalue weighted by Crippen LogP contribution is -2.25. The van der Waals surface area contributed by atoms with Gasteiger partial charge >= 0.3 is 7.48 Å². The van der Waals surface area contributed by atoms with Crippen LogP contribution in [0.3, 0.4) is 0 Å². The molecule has 0 saturated heterocycles. The number of nitrogens with one attached hydrogen (secondary N) is 1. The van der Waals surface area contributed by atoms with Crippen molar-refractivity contribution < 1.29 is 14.5 Å². The normalized spacial score (nSPS) is 12.9. The van der Waals surface area contributed by atoms with Crippen LogP contribution in [0.2, 0.25) is 5.82 Å². The van der Waals surface area contributed by atoms with E-state index in [4.69, 9.17) is 26.4 Å². The third-order valence-corrected chi connectivity index (χ3v) is 3.93. The molecule has 2 aromatic rings. The maximum absolute atomic E-state index is 9.93. The quantitative estimate of drug-likeness (QED) is 0.300. The van der Waals surface area contributed by atoms with E-state index in [1.165, 1.54) is 7.48 Å². The molecule has 0 amide bonds. The number of ether oxygens (including phenoxy) is 1. The number of rotatable bonds is 10. The molecular weight excluding hydrogens is 324 g/mol. The summed E-state index contributed by atoms with van der Waals surface area (Å²) in [5.74, 6) is 0.623. The fourth-order valence-electron chi connectivity index (χ4n) is 2.26. The van der Waals surface area contributed by atoms with E-state index >= 15 is 0 Å². The van der Waals surface area contributed by atoms with Crippen LogP contribution >= 0.6 is 11.6 Å². The van der Waals surface area contributed by atoms with Gasteiger partial charge in [0.25, 0.3) is 0 Å². The summed E-state index contributed by atoms with van der Waals surface area (Å²) in [4.78, 5) is 0. The summed E-state index contributed by atoms with van der Waals surface area (Å²) in [6, 6.07) is 17.7. The molecule has 1 radical (unpaired) electrons. The Labute approximate surface area is 148 Å². The first-order valence-corrected chi connectivity index (χ1v) is 8.24. The molecular formula is C18H20BClNO3. The average Bonchev–Trinajstić information content (AvgIpc) is 2.64. The molecule has 4 nitrogen and oxygen atoms in total. The predicted molar refractivity (Wildman–Crippen MR) is 97.0 cm³/mol. The van der Waals surface area contributed by atoms with Crippen molar-refractivity contribution in [3.8, 4) is 5.75 Å². The first-order valence-electron chi connectivity index (χ1n) is 7.70. The van der Waals surface area contributed by atoms with Gasteiger partial charge in [-0.3, -0.25) is 5.41 Å². The second-order valence-corrected chi connectivity index (χ2v) is 5.71. The van der Waals surface area contributed by atoms with E-state index in [-0.39, 0.29) is 11.7 Å². The van der Waals surface area contributed by atoms with Crippen molar-refractivity contribution >= 4 is 25.5 Å². The highest BCUT2D eigenvalue weighted by Crippen LogP contribution is 2.21. The molecule has 0 saturated carbocycles. The second kappa shape index (κ2) is 10.0. The fraction of sp³-hybridized carbons (Fsp3) is 0.278. The molecule has 0 heterocycles. The predicted octanol–water partition coefficient (Wildman–Crippen LogP) is 3.44. The lowest BCUT2D eigenvalue weighted by atomic mass is 9.72. The van der Waals surface area contributed by atoms with Crippen molar-refractivity contribution in [1.29, 1.82) is 5.41 Å². The molecule has 0 aliphatic rings. The molecule has 125 valence electrons. The maximum Gasteiger partial charge on any atom is 0.377 e. The van der Waals surface area contributed by atoms with Gasteiger partial charge in [0.15, 0.2) is 0 Å². The lowest BCUT2D eigenvalue weighted by molar-refractivity contribution is 0.184. The summed E-state index contributed by atoms with van der Waals surface area (Å²) in [6.07, 6.45) is 0.676. The van der Waals surface area contributed by atoms with E-state index < -0.39 is 6.10 Å².